The van der Waals surface area contributed by atoms with E-state index in [-0.39, 0.29) is 35.6 Å². The number of benzene rings is 3. The number of phenols is 1. The van der Waals surface area contributed by atoms with Crippen LogP contribution in [-0.2, 0) is 19.2 Å². The Balaban J connectivity index is 1.39. The quantitative estimate of drug-likeness (QED) is 0.164. The van der Waals surface area contributed by atoms with Crippen molar-refractivity contribution in [2.24, 2.45) is 17.8 Å². The number of nitrogens with zero attached hydrogens (tertiary/aromatic N) is 2. The zero-order valence-electron chi connectivity index (χ0n) is 25.1. The van der Waals surface area contributed by atoms with Gasteiger partial charge >= 0.3 is 0 Å². The van der Waals surface area contributed by atoms with E-state index in [0.717, 1.165) is 21.9 Å². The van der Waals surface area contributed by atoms with Gasteiger partial charge in [-0.3, -0.25) is 28.9 Å². The number of phenolic OH excluding ortho intramolecular Hbond substituents is 1. The lowest BCUT2D eigenvalue weighted by molar-refractivity contribution is -0.125. The number of ether oxygens (including phenoxy) is 1. The van der Waals surface area contributed by atoms with E-state index in [4.69, 9.17) is 27.9 Å². The highest BCUT2D eigenvalue weighted by atomic mass is 35.5. The van der Waals surface area contributed by atoms with Crippen LogP contribution in [0.2, 0.25) is 0 Å². The van der Waals surface area contributed by atoms with Crippen molar-refractivity contribution < 1.29 is 38.2 Å². The van der Waals surface area contributed by atoms with Gasteiger partial charge in [-0.15, -0.1) is 23.2 Å². The van der Waals surface area contributed by atoms with E-state index in [1.54, 1.807) is 6.08 Å². The van der Waals surface area contributed by atoms with E-state index < -0.39 is 62.9 Å². The van der Waals surface area contributed by atoms with Crippen LogP contribution in [0.1, 0.15) is 41.6 Å². The van der Waals surface area contributed by atoms with Crippen molar-refractivity contribution in [1.29, 1.82) is 0 Å². The Kier molecular flexibility index (Phi) is 7.11. The summed E-state index contributed by atoms with van der Waals surface area (Å²) in [5.41, 5.74) is 1.39. The van der Waals surface area contributed by atoms with Gasteiger partial charge in [-0.05, 0) is 92.4 Å². The first-order chi connectivity index (χ1) is 22.3. The van der Waals surface area contributed by atoms with Crippen LogP contribution in [0.25, 0.3) is 0 Å². The smallest absolute Gasteiger partial charge is 0.258 e. The highest BCUT2D eigenvalue weighted by molar-refractivity contribution is 6.58. The Bertz CT molecular complexity index is 1930. The molecule has 3 fully saturated rings. The Labute approximate surface area is 278 Å². The number of hydrogen-bond acceptors (Lipinski definition) is 7. The van der Waals surface area contributed by atoms with Crippen LogP contribution < -0.4 is 14.5 Å². The maximum absolute atomic E-state index is 14.4. The fourth-order valence-electron chi connectivity index (χ4n) is 7.73. The summed E-state index contributed by atoms with van der Waals surface area (Å²) in [5, 5.41) is 11.2. The third-order valence-electron chi connectivity index (χ3n) is 9.97. The van der Waals surface area contributed by atoms with Gasteiger partial charge in [-0.2, -0.15) is 0 Å². The van der Waals surface area contributed by atoms with Gasteiger partial charge in [0.1, 0.15) is 17.3 Å². The second-order valence-corrected chi connectivity index (χ2v) is 13.5. The van der Waals surface area contributed by atoms with Crippen LogP contribution in [-0.4, -0.2) is 51.4 Å². The molecule has 2 aliphatic carbocycles. The molecule has 3 aromatic rings. The van der Waals surface area contributed by atoms with E-state index in [1.165, 1.54) is 68.6 Å². The summed E-state index contributed by atoms with van der Waals surface area (Å²) in [5.74, 6) is -7.22. The molecule has 12 heteroatoms. The second-order valence-electron chi connectivity index (χ2n) is 12.3. The maximum atomic E-state index is 14.4. The number of fused-ring (bicyclic) bond motifs is 4. The average Bonchev–Trinajstić information content (AvgIpc) is 3.39. The molecular formula is C35H27Cl2FN2O7. The summed E-state index contributed by atoms with van der Waals surface area (Å²) in [6.07, 6.45) is 1.60. The lowest BCUT2D eigenvalue weighted by atomic mass is 9.56. The number of ketones is 1. The molecule has 0 aromatic heterocycles. The molecule has 0 unspecified atom stereocenters. The number of alkyl halides is 2. The third-order valence-corrected chi connectivity index (χ3v) is 11.4. The molecule has 3 aromatic carbocycles. The number of aromatic hydroxyl groups is 1. The van der Waals surface area contributed by atoms with Gasteiger partial charge in [0.05, 0.1) is 30.3 Å². The Hall–Kier alpha value is -4.54. The molecule has 240 valence electrons. The summed E-state index contributed by atoms with van der Waals surface area (Å²) in [6, 6.07) is 15.2. The van der Waals surface area contributed by atoms with E-state index in [1.807, 2.05) is 0 Å². The van der Waals surface area contributed by atoms with Gasteiger partial charge in [0, 0.05) is 17.0 Å². The lowest BCUT2D eigenvalue weighted by Crippen LogP contribution is -2.60. The summed E-state index contributed by atoms with van der Waals surface area (Å²) in [7, 11) is 1.42. The molecule has 2 saturated heterocycles. The first kappa shape index (κ1) is 31.1. The molecule has 4 aliphatic rings. The molecule has 2 heterocycles. The topological polar surface area (TPSA) is 121 Å². The van der Waals surface area contributed by atoms with Crippen molar-refractivity contribution >= 4 is 64.0 Å². The molecule has 4 amide bonds. The summed E-state index contributed by atoms with van der Waals surface area (Å²) in [6.45, 7) is 1.41. The molecule has 6 atom stereocenters. The number of hydrogen-bond donors (Lipinski definition) is 1. The van der Waals surface area contributed by atoms with Gasteiger partial charge in [0.25, 0.3) is 11.8 Å². The standard InChI is InChI=1S/C35H27Cl2FN2O7/c1-17(41)18-3-7-20(8-4-18)39-30(43)24-13-12-23-26(28(24)31(39)44)16-34(36)32(45)40(21-9-5-19(38)6-10-21)33(46)35(34,37)29(23)25-15-22(47-2)11-14-27(25)42/h3-12,14-15,24,26,28-29,42H,13,16H2,1-2H3/t24-,26+,28-,29+,34+,35-/m0/s1. The fraction of sp³-hybridized carbons (Fsp3) is 0.286. The molecule has 1 N–H and O–H groups in total. The number of carbonyl (C=O) groups is 5. The zero-order valence-corrected chi connectivity index (χ0v) is 26.6. The van der Waals surface area contributed by atoms with Crippen molar-refractivity contribution in [3.8, 4) is 11.5 Å². The minimum Gasteiger partial charge on any atom is -0.508 e. The summed E-state index contributed by atoms with van der Waals surface area (Å²) < 4.78 is 19.3. The first-order valence-electron chi connectivity index (χ1n) is 14.9. The van der Waals surface area contributed by atoms with E-state index in [9.17, 15) is 33.5 Å². The third kappa shape index (κ3) is 4.24. The van der Waals surface area contributed by atoms with E-state index >= 15 is 0 Å². The minimum absolute atomic E-state index is 0.0478. The largest absolute Gasteiger partial charge is 0.508 e. The molecule has 2 aliphatic heterocycles. The molecule has 9 nitrogen and oxygen atoms in total. The fourth-order valence-corrected chi connectivity index (χ4v) is 8.66. The average molecular weight is 678 g/mol. The Morgan fingerprint density at radius 3 is 2.17 bits per heavy atom. The van der Waals surface area contributed by atoms with Crippen LogP contribution in [0.3, 0.4) is 0 Å². The summed E-state index contributed by atoms with van der Waals surface area (Å²) in [4.78, 5) is 66.2. The molecular weight excluding hydrogens is 650 g/mol. The van der Waals surface area contributed by atoms with E-state index in [0.29, 0.717) is 22.6 Å². The highest BCUT2D eigenvalue weighted by Crippen LogP contribution is 2.66. The van der Waals surface area contributed by atoms with Crippen molar-refractivity contribution in [2.75, 3.05) is 16.9 Å². The Morgan fingerprint density at radius 1 is 0.894 bits per heavy atom. The first-order valence-corrected chi connectivity index (χ1v) is 15.7. The van der Waals surface area contributed by atoms with Crippen molar-refractivity contribution in [1.82, 2.24) is 0 Å². The van der Waals surface area contributed by atoms with Gasteiger partial charge in [-0.1, -0.05) is 11.6 Å². The van der Waals surface area contributed by atoms with Gasteiger partial charge in [0.2, 0.25) is 11.8 Å². The van der Waals surface area contributed by atoms with Gasteiger partial charge < -0.3 is 9.84 Å². The van der Waals surface area contributed by atoms with Crippen LogP contribution in [0.5, 0.6) is 11.5 Å². The van der Waals surface area contributed by atoms with Crippen LogP contribution in [0.4, 0.5) is 15.8 Å². The normalized spacial score (nSPS) is 29.8. The number of rotatable bonds is 5. The number of Topliss-reactive ketones (excluding diaryl/α,β-unsaturated/α-hetero) is 1. The van der Waals surface area contributed by atoms with Crippen LogP contribution in [0, 0.1) is 23.6 Å². The Morgan fingerprint density at radius 2 is 1.53 bits per heavy atom. The van der Waals surface area contributed by atoms with Crippen molar-refractivity contribution in [3.05, 3.63) is 95.3 Å². The number of allylic oxidation sites excluding steroid dienone is 2. The number of imide groups is 2. The van der Waals surface area contributed by atoms with Gasteiger partial charge in [0.15, 0.2) is 15.5 Å². The maximum Gasteiger partial charge on any atom is 0.258 e. The molecule has 0 bridgehead atoms. The van der Waals surface area contributed by atoms with Crippen LogP contribution in [0.15, 0.2) is 78.4 Å². The predicted molar refractivity (Wildman–Crippen MR) is 170 cm³/mol. The number of amides is 4. The second kappa shape index (κ2) is 10.7. The zero-order chi connectivity index (χ0) is 33.6. The number of methoxy groups -OCH3 is 1. The molecule has 7 rings (SSSR count). The monoisotopic (exact) mass is 676 g/mol. The minimum atomic E-state index is -2.20. The van der Waals surface area contributed by atoms with Crippen LogP contribution >= 0.6 is 23.2 Å². The number of anilines is 2. The number of carbonyl (C=O) groups excluding carboxylic acids is 5. The van der Waals surface area contributed by atoms with E-state index in [2.05, 4.69) is 0 Å². The van der Waals surface area contributed by atoms with Crippen molar-refractivity contribution in [3.63, 3.8) is 0 Å². The molecule has 1 saturated carbocycles. The predicted octanol–water partition coefficient (Wildman–Crippen LogP) is 5.51. The molecule has 0 radical (unpaired) electrons. The lowest BCUT2D eigenvalue weighted by Gasteiger charge is -2.50. The van der Waals surface area contributed by atoms with Gasteiger partial charge in [-0.25, -0.2) is 9.29 Å². The molecule has 47 heavy (non-hydrogen) atoms. The summed E-state index contributed by atoms with van der Waals surface area (Å²) >= 11 is 14.7. The molecule has 0 spiro atoms. The number of halogens is 3. The highest BCUT2D eigenvalue weighted by Gasteiger charge is 2.77. The van der Waals surface area contributed by atoms with Crippen molar-refractivity contribution in [2.45, 2.75) is 35.4 Å². The SMILES string of the molecule is COc1ccc(O)c([C@H]2C3=CC[C@@H]4C(=O)N(c5ccc(C(C)=O)cc5)C(=O)[C@@H]4[C@@H]3C[C@@]3(Cl)C(=O)N(c4ccc(F)cc4)C(=O)[C@@]23Cl)c1.